The van der Waals surface area contributed by atoms with Crippen molar-refractivity contribution in [2.75, 3.05) is 26.7 Å². The topological polar surface area (TPSA) is 67.9 Å². The van der Waals surface area contributed by atoms with E-state index in [9.17, 15) is 9.59 Å². The third kappa shape index (κ3) is 14.8. The zero-order chi connectivity index (χ0) is 23.4. The Balaban J connectivity index is 2.34. The molecule has 1 rings (SSSR count). The molecule has 0 aromatic heterocycles. The molecular formula is C26H44N2O4. The summed E-state index contributed by atoms with van der Waals surface area (Å²) in [6.45, 7) is 6.90. The van der Waals surface area contributed by atoms with Gasteiger partial charge in [0.15, 0.2) is 0 Å². The van der Waals surface area contributed by atoms with E-state index in [2.05, 4.69) is 24.1 Å². The van der Waals surface area contributed by atoms with Crippen molar-refractivity contribution in [2.45, 2.75) is 90.8 Å². The Morgan fingerprint density at radius 1 is 0.969 bits per heavy atom. The van der Waals surface area contributed by atoms with Crippen LogP contribution in [0.2, 0.25) is 0 Å². The summed E-state index contributed by atoms with van der Waals surface area (Å²) < 4.78 is 11.0. The molecule has 0 saturated heterocycles. The van der Waals surface area contributed by atoms with Gasteiger partial charge in [0.1, 0.15) is 12.7 Å². The first-order valence-corrected chi connectivity index (χ1v) is 12.4. The Hall–Kier alpha value is -2.08. The Bertz CT molecular complexity index is 609. The van der Waals surface area contributed by atoms with E-state index >= 15 is 0 Å². The van der Waals surface area contributed by atoms with Crippen molar-refractivity contribution >= 4 is 12.1 Å². The smallest absolute Gasteiger partial charge is 0.407 e. The first-order chi connectivity index (χ1) is 15.5. The van der Waals surface area contributed by atoms with Gasteiger partial charge in [-0.2, -0.15) is 0 Å². The van der Waals surface area contributed by atoms with Crippen LogP contribution in [-0.4, -0.2) is 49.7 Å². The molecule has 0 spiro atoms. The average molecular weight is 449 g/mol. The van der Waals surface area contributed by atoms with Crippen LogP contribution < -0.4 is 5.32 Å². The van der Waals surface area contributed by atoms with Crippen molar-refractivity contribution in [1.29, 1.82) is 0 Å². The zero-order valence-corrected chi connectivity index (χ0v) is 20.4. The molecule has 1 unspecified atom stereocenters. The van der Waals surface area contributed by atoms with Crippen molar-refractivity contribution in [1.82, 2.24) is 10.2 Å². The number of amides is 1. The fourth-order valence-corrected chi connectivity index (χ4v) is 3.40. The number of benzene rings is 1. The van der Waals surface area contributed by atoms with E-state index in [0.29, 0.717) is 32.4 Å². The van der Waals surface area contributed by atoms with Crippen LogP contribution >= 0.6 is 0 Å². The van der Waals surface area contributed by atoms with Crippen molar-refractivity contribution in [2.24, 2.45) is 0 Å². The molecule has 0 heterocycles. The molecule has 182 valence electrons. The average Bonchev–Trinajstić information content (AvgIpc) is 2.80. The number of likely N-dealkylation sites (N-methyl/N-ethyl adjacent to an activating group) is 1. The number of nitrogens with one attached hydrogen (secondary N) is 1. The highest BCUT2D eigenvalue weighted by molar-refractivity contribution is 5.69. The molecule has 1 N–H and O–H groups in total. The molecule has 0 bridgehead atoms. The summed E-state index contributed by atoms with van der Waals surface area (Å²) >= 11 is 0. The summed E-state index contributed by atoms with van der Waals surface area (Å²) in [6.07, 6.45) is 9.18. The van der Waals surface area contributed by atoms with Gasteiger partial charge >= 0.3 is 12.1 Å². The molecule has 1 aromatic carbocycles. The molecule has 0 saturated carbocycles. The van der Waals surface area contributed by atoms with E-state index in [-0.39, 0.29) is 18.2 Å². The van der Waals surface area contributed by atoms with Crippen LogP contribution in [0.3, 0.4) is 0 Å². The Labute approximate surface area is 195 Å². The maximum absolute atomic E-state index is 12.2. The number of alkyl carbamates (subject to hydrolysis) is 1. The predicted molar refractivity (Wildman–Crippen MR) is 130 cm³/mol. The Morgan fingerprint density at radius 2 is 1.66 bits per heavy atom. The molecule has 0 aliphatic rings. The lowest BCUT2D eigenvalue weighted by Gasteiger charge is -2.19. The second kappa shape index (κ2) is 18.5. The number of carbonyl (C=O) groups excluding carboxylic acids is 2. The van der Waals surface area contributed by atoms with E-state index in [1.165, 1.54) is 25.7 Å². The maximum atomic E-state index is 12.2. The highest BCUT2D eigenvalue weighted by Gasteiger charge is 2.15. The molecule has 0 aliphatic carbocycles. The fraction of sp³-hybridized carbons (Fsp3) is 0.692. The van der Waals surface area contributed by atoms with Gasteiger partial charge in [0, 0.05) is 19.5 Å². The van der Waals surface area contributed by atoms with Crippen molar-refractivity contribution in [3.63, 3.8) is 0 Å². The van der Waals surface area contributed by atoms with Gasteiger partial charge in [-0.1, -0.05) is 76.3 Å². The van der Waals surface area contributed by atoms with Gasteiger partial charge in [-0.05, 0) is 44.8 Å². The molecule has 0 aliphatic heterocycles. The van der Waals surface area contributed by atoms with E-state index in [0.717, 1.165) is 37.9 Å². The van der Waals surface area contributed by atoms with Gasteiger partial charge in [-0.15, -0.1) is 0 Å². The standard InChI is InChI=1S/C26H44N2O4/c1-4-6-7-8-9-13-17-24(32-26(30)27-20-21-28(3)5-2)18-14-19-25(29)31-22-23-15-11-10-12-16-23/h10-12,15-16,24H,4-9,13-14,17-22H2,1-3H3,(H,27,30). The second-order valence-corrected chi connectivity index (χ2v) is 8.44. The van der Waals surface area contributed by atoms with Crippen LogP contribution in [0.15, 0.2) is 30.3 Å². The SMILES string of the molecule is CCCCCCCCC(CCCC(=O)OCc1ccccc1)OC(=O)NCCN(C)CC. The minimum Gasteiger partial charge on any atom is -0.461 e. The summed E-state index contributed by atoms with van der Waals surface area (Å²) in [6, 6.07) is 9.67. The van der Waals surface area contributed by atoms with Gasteiger partial charge < -0.3 is 19.7 Å². The highest BCUT2D eigenvalue weighted by Crippen LogP contribution is 2.16. The number of carbonyl (C=O) groups is 2. The monoisotopic (exact) mass is 448 g/mol. The number of unbranched alkanes of at least 4 members (excludes halogenated alkanes) is 5. The lowest BCUT2D eigenvalue weighted by molar-refractivity contribution is -0.145. The molecule has 1 aromatic rings. The predicted octanol–water partition coefficient (Wildman–Crippen LogP) is 5.70. The van der Waals surface area contributed by atoms with Crippen LogP contribution in [-0.2, 0) is 20.9 Å². The number of ether oxygens (including phenoxy) is 2. The maximum Gasteiger partial charge on any atom is 0.407 e. The van der Waals surface area contributed by atoms with Crippen molar-refractivity contribution < 1.29 is 19.1 Å². The largest absolute Gasteiger partial charge is 0.461 e. The summed E-state index contributed by atoms with van der Waals surface area (Å²) in [7, 11) is 2.02. The van der Waals surface area contributed by atoms with E-state index in [1.54, 1.807) is 0 Å². The normalized spacial score (nSPS) is 11.9. The summed E-state index contributed by atoms with van der Waals surface area (Å²) in [5, 5.41) is 2.84. The first-order valence-electron chi connectivity index (χ1n) is 12.4. The summed E-state index contributed by atoms with van der Waals surface area (Å²) in [4.78, 5) is 26.4. The van der Waals surface area contributed by atoms with Crippen LogP contribution in [0.5, 0.6) is 0 Å². The lowest BCUT2D eigenvalue weighted by Crippen LogP contribution is -2.35. The first kappa shape index (κ1) is 28.0. The fourth-order valence-electron chi connectivity index (χ4n) is 3.40. The molecular weight excluding hydrogens is 404 g/mol. The lowest BCUT2D eigenvalue weighted by atomic mass is 10.0. The van der Waals surface area contributed by atoms with Gasteiger partial charge in [0.2, 0.25) is 0 Å². The van der Waals surface area contributed by atoms with Crippen molar-refractivity contribution in [3.05, 3.63) is 35.9 Å². The minimum atomic E-state index is -0.364. The molecule has 32 heavy (non-hydrogen) atoms. The van der Waals surface area contributed by atoms with Gasteiger partial charge in [-0.25, -0.2) is 4.79 Å². The van der Waals surface area contributed by atoms with E-state index in [4.69, 9.17) is 9.47 Å². The quantitative estimate of drug-likeness (QED) is 0.231. The molecule has 1 atom stereocenters. The van der Waals surface area contributed by atoms with E-state index < -0.39 is 0 Å². The zero-order valence-electron chi connectivity index (χ0n) is 20.4. The summed E-state index contributed by atoms with van der Waals surface area (Å²) in [5.41, 5.74) is 0.982. The van der Waals surface area contributed by atoms with Crippen LogP contribution in [0.25, 0.3) is 0 Å². The Morgan fingerprint density at radius 3 is 2.38 bits per heavy atom. The number of esters is 1. The second-order valence-electron chi connectivity index (χ2n) is 8.44. The third-order valence-corrected chi connectivity index (χ3v) is 5.61. The van der Waals surface area contributed by atoms with Crippen LogP contribution in [0, 0.1) is 0 Å². The van der Waals surface area contributed by atoms with Gasteiger partial charge in [0.25, 0.3) is 0 Å². The summed E-state index contributed by atoms with van der Waals surface area (Å²) in [5.74, 6) is -0.209. The molecule has 0 radical (unpaired) electrons. The molecule has 6 heteroatoms. The Kier molecular flexibility index (Phi) is 16.1. The number of hydrogen-bond donors (Lipinski definition) is 1. The van der Waals surface area contributed by atoms with Crippen LogP contribution in [0.1, 0.15) is 83.6 Å². The van der Waals surface area contributed by atoms with Crippen LogP contribution in [0.4, 0.5) is 4.79 Å². The number of hydrogen-bond acceptors (Lipinski definition) is 5. The number of nitrogens with zero attached hydrogens (tertiary/aromatic N) is 1. The van der Waals surface area contributed by atoms with E-state index in [1.807, 2.05) is 37.4 Å². The molecule has 6 nitrogen and oxygen atoms in total. The van der Waals surface area contributed by atoms with Crippen molar-refractivity contribution in [3.8, 4) is 0 Å². The minimum absolute atomic E-state index is 0.160. The highest BCUT2D eigenvalue weighted by atomic mass is 16.6. The number of rotatable bonds is 18. The van der Waals surface area contributed by atoms with Gasteiger partial charge in [0.05, 0.1) is 0 Å². The molecule has 0 fully saturated rings. The van der Waals surface area contributed by atoms with Gasteiger partial charge in [-0.3, -0.25) is 4.79 Å². The third-order valence-electron chi connectivity index (χ3n) is 5.61. The molecule has 1 amide bonds.